The van der Waals surface area contributed by atoms with Gasteiger partial charge in [-0.05, 0) is 42.8 Å². The van der Waals surface area contributed by atoms with Crippen LogP contribution in [0.5, 0.6) is 10.9 Å². The van der Waals surface area contributed by atoms with Crippen molar-refractivity contribution in [3.63, 3.8) is 0 Å². The Balaban J connectivity index is 1.41. The molecule has 0 spiro atoms. The van der Waals surface area contributed by atoms with E-state index >= 15 is 0 Å². The van der Waals surface area contributed by atoms with Gasteiger partial charge in [-0.3, -0.25) is 9.59 Å². The maximum atomic E-state index is 12.4. The number of aromatic nitrogens is 1. The van der Waals surface area contributed by atoms with Crippen molar-refractivity contribution >= 4 is 45.0 Å². The van der Waals surface area contributed by atoms with E-state index in [1.165, 1.54) is 11.3 Å². The zero-order valence-corrected chi connectivity index (χ0v) is 16.6. The van der Waals surface area contributed by atoms with Gasteiger partial charge in [-0.2, -0.15) is 0 Å². The molecule has 1 aliphatic rings. The molecular weight excluding hydrogens is 398 g/mol. The summed E-state index contributed by atoms with van der Waals surface area (Å²) in [6, 6.07) is 12.7. The lowest BCUT2D eigenvalue weighted by molar-refractivity contribution is -0.122. The number of halogens is 1. The van der Waals surface area contributed by atoms with Crippen molar-refractivity contribution in [2.24, 2.45) is 0 Å². The molecule has 1 fully saturated rings. The molecule has 4 rings (SSSR count). The van der Waals surface area contributed by atoms with Gasteiger partial charge in [-0.15, -0.1) is 0 Å². The van der Waals surface area contributed by atoms with Crippen LogP contribution in [0.2, 0.25) is 5.02 Å². The van der Waals surface area contributed by atoms with Crippen LogP contribution in [0.15, 0.2) is 42.5 Å². The van der Waals surface area contributed by atoms with E-state index in [1.807, 2.05) is 43.3 Å². The van der Waals surface area contributed by atoms with Crippen LogP contribution in [0, 0.1) is 0 Å². The molecular formula is C20H18ClN3O3S. The lowest BCUT2D eigenvalue weighted by atomic mass is 10.00. The number of fused-ring (bicyclic) bond motifs is 1. The Morgan fingerprint density at radius 2 is 2.11 bits per heavy atom. The Morgan fingerprint density at radius 3 is 2.82 bits per heavy atom. The summed E-state index contributed by atoms with van der Waals surface area (Å²) in [5, 5.41) is 6.82. The number of hydrogen-bond donors (Lipinski definition) is 2. The number of amides is 2. The van der Waals surface area contributed by atoms with Crippen molar-refractivity contribution in [1.82, 2.24) is 15.6 Å². The molecule has 0 radical (unpaired) electrons. The molecule has 8 heteroatoms. The summed E-state index contributed by atoms with van der Waals surface area (Å²) in [4.78, 5) is 28.1. The lowest BCUT2D eigenvalue weighted by Crippen LogP contribution is -2.38. The number of carbonyl (C=O) groups excluding carboxylic acids is 2. The third kappa shape index (κ3) is 4.10. The van der Waals surface area contributed by atoms with Crippen LogP contribution in [0.3, 0.4) is 0 Å². The van der Waals surface area contributed by atoms with E-state index in [-0.39, 0.29) is 23.8 Å². The number of hydrogen-bond acceptors (Lipinski definition) is 5. The van der Waals surface area contributed by atoms with E-state index in [2.05, 4.69) is 15.6 Å². The lowest BCUT2D eigenvalue weighted by Gasteiger charge is -2.16. The van der Waals surface area contributed by atoms with Gasteiger partial charge in [0.05, 0.1) is 22.2 Å². The predicted molar refractivity (Wildman–Crippen MR) is 109 cm³/mol. The van der Waals surface area contributed by atoms with Gasteiger partial charge in [-0.1, -0.05) is 35.1 Å². The summed E-state index contributed by atoms with van der Waals surface area (Å²) in [7, 11) is 0. The summed E-state index contributed by atoms with van der Waals surface area (Å²) in [5.41, 5.74) is 1.71. The highest BCUT2D eigenvalue weighted by atomic mass is 35.5. The first kappa shape index (κ1) is 18.7. The first-order valence-electron chi connectivity index (χ1n) is 8.89. The minimum atomic E-state index is -0.325. The molecule has 28 heavy (non-hydrogen) atoms. The summed E-state index contributed by atoms with van der Waals surface area (Å²) in [6.45, 7) is 2.32. The van der Waals surface area contributed by atoms with Crippen LogP contribution in [-0.4, -0.2) is 29.4 Å². The molecule has 144 valence electrons. The fourth-order valence-electron chi connectivity index (χ4n) is 3.03. The fraction of sp³-hybridized carbons (Fsp3) is 0.250. The van der Waals surface area contributed by atoms with Crippen LogP contribution in [0.4, 0.5) is 0 Å². The quantitative estimate of drug-likeness (QED) is 0.663. The molecule has 1 aromatic heterocycles. The van der Waals surface area contributed by atoms with Crippen LogP contribution in [0.25, 0.3) is 10.2 Å². The SMILES string of the molecule is CC(C(=O)NC1CNC(=O)C1)c1ccc(Oc2nc3ccc(Cl)cc3s2)cc1. The number of ether oxygens (including phenoxy) is 1. The molecule has 2 unspecified atom stereocenters. The Labute approximate surface area is 170 Å². The van der Waals surface area contributed by atoms with Gasteiger partial charge >= 0.3 is 0 Å². The van der Waals surface area contributed by atoms with E-state index in [1.54, 1.807) is 6.07 Å². The molecule has 0 bridgehead atoms. The van der Waals surface area contributed by atoms with Gasteiger partial charge in [0, 0.05) is 18.0 Å². The third-order valence-corrected chi connectivity index (χ3v) is 5.76. The van der Waals surface area contributed by atoms with Crippen LogP contribution < -0.4 is 15.4 Å². The summed E-state index contributed by atoms with van der Waals surface area (Å²) in [5.74, 6) is 0.191. The second kappa shape index (κ2) is 7.77. The van der Waals surface area contributed by atoms with Gasteiger partial charge in [0.15, 0.2) is 0 Å². The number of nitrogens with one attached hydrogen (secondary N) is 2. The molecule has 1 saturated heterocycles. The van der Waals surface area contributed by atoms with Crippen LogP contribution >= 0.6 is 22.9 Å². The smallest absolute Gasteiger partial charge is 0.279 e. The van der Waals surface area contributed by atoms with E-state index in [0.717, 1.165) is 15.8 Å². The molecule has 1 aliphatic heterocycles. The fourth-order valence-corrected chi connectivity index (χ4v) is 4.14. The molecule has 0 aliphatic carbocycles. The van der Waals surface area contributed by atoms with E-state index in [0.29, 0.717) is 28.9 Å². The van der Waals surface area contributed by atoms with Crippen molar-refractivity contribution < 1.29 is 14.3 Å². The van der Waals surface area contributed by atoms with Crippen LogP contribution in [-0.2, 0) is 9.59 Å². The highest BCUT2D eigenvalue weighted by Gasteiger charge is 2.25. The minimum absolute atomic E-state index is 0.0310. The maximum absolute atomic E-state index is 12.4. The van der Waals surface area contributed by atoms with Crippen molar-refractivity contribution in [3.8, 4) is 10.9 Å². The Morgan fingerprint density at radius 1 is 1.32 bits per heavy atom. The van der Waals surface area contributed by atoms with Crippen molar-refractivity contribution in [3.05, 3.63) is 53.1 Å². The van der Waals surface area contributed by atoms with E-state index in [9.17, 15) is 9.59 Å². The molecule has 3 aromatic rings. The standard InChI is InChI=1S/C20H18ClN3O3S/c1-11(19(26)23-14-9-18(25)22-10-14)12-2-5-15(6-3-12)27-20-24-16-7-4-13(21)8-17(16)28-20/h2-8,11,14H,9-10H2,1H3,(H,22,25)(H,23,26). The van der Waals surface area contributed by atoms with Crippen LogP contribution in [0.1, 0.15) is 24.8 Å². The zero-order chi connectivity index (χ0) is 19.7. The highest BCUT2D eigenvalue weighted by Crippen LogP contribution is 2.33. The van der Waals surface area contributed by atoms with Crippen molar-refractivity contribution in [2.45, 2.75) is 25.3 Å². The summed E-state index contributed by atoms with van der Waals surface area (Å²) in [6.07, 6.45) is 0.332. The Bertz CT molecular complexity index is 1030. The molecule has 2 heterocycles. The Hall–Kier alpha value is -2.64. The number of nitrogens with zero attached hydrogens (tertiary/aromatic N) is 1. The van der Waals surface area contributed by atoms with Gasteiger partial charge in [0.25, 0.3) is 5.19 Å². The molecule has 6 nitrogen and oxygen atoms in total. The van der Waals surface area contributed by atoms with Crippen molar-refractivity contribution in [1.29, 1.82) is 0 Å². The van der Waals surface area contributed by atoms with Gasteiger partial charge in [-0.25, -0.2) is 4.98 Å². The number of rotatable bonds is 5. The van der Waals surface area contributed by atoms with Crippen molar-refractivity contribution in [2.75, 3.05) is 6.54 Å². The molecule has 2 N–H and O–H groups in total. The normalized spacial score (nSPS) is 17.4. The topological polar surface area (TPSA) is 80.3 Å². The van der Waals surface area contributed by atoms with E-state index < -0.39 is 0 Å². The minimum Gasteiger partial charge on any atom is -0.431 e. The first-order valence-corrected chi connectivity index (χ1v) is 10.1. The first-order chi connectivity index (χ1) is 13.5. The number of thiazole rings is 1. The molecule has 2 aromatic carbocycles. The maximum Gasteiger partial charge on any atom is 0.279 e. The molecule has 2 atom stereocenters. The van der Waals surface area contributed by atoms with Gasteiger partial charge in [0.1, 0.15) is 5.75 Å². The number of benzene rings is 2. The van der Waals surface area contributed by atoms with Gasteiger partial charge in [0.2, 0.25) is 11.8 Å². The average Bonchev–Trinajstić information content (AvgIpc) is 3.26. The second-order valence-corrected chi connectivity index (χ2v) is 8.13. The van der Waals surface area contributed by atoms with Gasteiger partial charge < -0.3 is 15.4 Å². The monoisotopic (exact) mass is 415 g/mol. The van der Waals surface area contributed by atoms with E-state index in [4.69, 9.17) is 16.3 Å². The molecule has 2 amide bonds. The summed E-state index contributed by atoms with van der Waals surface area (Å²) < 4.78 is 6.80. The predicted octanol–water partition coefficient (Wildman–Crippen LogP) is 3.85. The summed E-state index contributed by atoms with van der Waals surface area (Å²) >= 11 is 7.43. The number of carbonyl (C=O) groups is 2. The zero-order valence-electron chi connectivity index (χ0n) is 15.1. The Kier molecular flexibility index (Phi) is 5.19. The molecule has 0 saturated carbocycles. The highest BCUT2D eigenvalue weighted by molar-refractivity contribution is 7.20. The second-order valence-electron chi connectivity index (χ2n) is 6.70. The largest absolute Gasteiger partial charge is 0.431 e. The average molecular weight is 416 g/mol. The third-order valence-electron chi connectivity index (χ3n) is 4.63.